The minimum atomic E-state index is 0.0764. The molecule has 1 aliphatic rings. The van der Waals surface area contributed by atoms with Gasteiger partial charge in [-0.15, -0.1) is 0 Å². The largest absolute Gasteiger partial charge is 0.355 e. The Morgan fingerprint density at radius 3 is 2.64 bits per heavy atom. The highest BCUT2D eigenvalue weighted by molar-refractivity contribution is 5.76. The van der Waals surface area contributed by atoms with Gasteiger partial charge in [-0.25, -0.2) is 0 Å². The number of amides is 1. The number of carbonyl (C=O) groups is 1. The van der Waals surface area contributed by atoms with Crippen LogP contribution in [0.25, 0.3) is 0 Å². The van der Waals surface area contributed by atoms with Crippen LogP contribution in [0.5, 0.6) is 0 Å². The van der Waals surface area contributed by atoms with E-state index < -0.39 is 0 Å². The first kappa shape index (κ1) is 17.6. The summed E-state index contributed by atoms with van der Waals surface area (Å²) in [5.41, 5.74) is 2.41. The number of nitrogens with one attached hydrogen (secondary N) is 2. The molecule has 0 aliphatic carbocycles. The van der Waals surface area contributed by atoms with Gasteiger partial charge in [0.15, 0.2) is 0 Å². The zero-order valence-corrected chi connectivity index (χ0v) is 14.5. The van der Waals surface area contributed by atoms with Crippen molar-refractivity contribution in [2.24, 2.45) is 0 Å². The molecule has 25 heavy (non-hydrogen) atoms. The Kier molecular flexibility index (Phi) is 6.54. The summed E-state index contributed by atoms with van der Waals surface area (Å²) in [5.74, 6) is 0.109. The lowest BCUT2D eigenvalue weighted by Crippen LogP contribution is -2.35. The van der Waals surface area contributed by atoms with Crippen LogP contribution >= 0.6 is 0 Å². The molecule has 5 heteroatoms. The van der Waals surface area contributed by atoms with Gasteiger partial charge in [0.25, 0.3) is 0 Å². The van der Waals surface area contributed by atoms with Crippen molar-refractivity contribution in [2.45, 2.75) is 25.4 Å². The number of hydrogen-bond donors (Lipinski definition) is 2. The highest BCUT2D eigenvalue weighted by atomic mass is 16.1. The molecule has 0 saturated carbocycles. The maximum atomic E-state index is 12.4. The second-order valence-corrected chi connectivity index (χ2v) is 6.41. The summed E-state index contributed by atoms with van der Waals surface area (Å²) in [6.07, 6.45) is 5.19. The number of nitrogens with zero attached hydrogens (tertiary/aromatic N) is 2. The first-order valence-electron chi connectivity index (χ1n) is 8.98. The molecule has 5 nitrogen and oxygen atoms in total. The van der Waals surface area contributed by atoms with Gasteiger partial charge >= 0.3 is 0 Å². The molecule has 1 saturated heterocycles. The van der Waals surface area contributed by atoms with Crippen LogP contribution in [0.4, 0.5) is 0 Å². The molecule has 1 atom stereocenters. The van der Waals surface area contributed by atoms with E-state index in [0.29, 0.717) is 13.0 Å². The van der Waals surface area contributed by atoms with Crippen molar-refractivity contribution in [1.82, 2.24) is 20.5 Å². The third-order valence-electron chi connectivity index (χ3n) is 4.56. The van der Waals surface area contributed by atoms with Crippen molar-refractivity contribution >= 4 is 5.91 Å². The van der Waals surface area contributed by atoms with Gasteiger partial charge in [0, 0.05) is 51.0 Å². The van der Waals surface area contributed by atoms with E-state index in [4.69, 9.17) is 0 Å². The quantitative estimate of drug-likeness (QED) is 0.900. The molecule has 1 fully saturated rings. The van der Waals surface area contributed by atoms with Crippen LogP contribution in [0.1, 0.15) is 30.0 Å². The monoisotopic (exact) mass is 338 g/mol. The zero-order valence-electron chi connectivity index (χ0n) is 14.5. The minimum Gasteiger partial charge on any atom is -0.355 e. The van der Waals surface area contributed by atoms with E-state index in [1.165, 1.54) is 11.1 Å². The Balaban J connectivity index is 1.86. The number of benzene rings is 1. The maximum absolute atomic E-state index is 12.4. The van der Waals surface area contributed by atoms with Gasteiger partial charge in [-0.3, -0.25) is 14.7 Å². The van der Waals surface area contributed by atoms with E-state index in [0.717, 1.165) is 32.6 Å². The van der Waals surface area contributed by atoms with E-state index in [-0.39, 0.29) is 11.9 Å². The van der Waals surface area contributed by atoms with Gasteiger partial charge in [-0.05, 0) is 36.2 Å². The number of carbonyl (C=O) groups excluding carboxylic acids is 1. The Morgan fingerprint density at radius 1 is 1.04 bits per heavy atom. The third-order valence-corrected chi connectivity index (χ3v) is 4.56. The second-order valence-electron chi connectivity index (χ2n) is 6.41. The fraction of sp³-hybridized carbons (Fsp3) is 0.400. The molecule has 0 bridgehead atoms. The molecule has 1 aliphatic heterocycles. The topological polar surface area (TPSA) is 57.3 Å². The van der Waals surface area contributed by atoms with Gasteiger partial charge in [-0.1, -0.05) is 30.3 Å². The molecular weight excluding hydrogens is 312 g/mol. The molecule has 3 rings (SSSR count). The maximum Gasteiger partial charge on any atom is 0.221 e. The van der Waals surface area contributed by atoms with Crippen LogP contribution in [-0.2, 0) is 11.3 Å². The van der Waals surface area contributed by atoms with E-state index in [9.17, 15) is 4.79 Å². The van der Waals surface area contributed by atoms with E-state index in [1.807, 2.05) is 42.7 Å². The van der Waals surface area contributed by atoms with Crippen LogP contribution in [0.15, 0.2) is 54.9 Å². The molecule has 0 spiro atoms. The molecule has 1 unspecified atom stereocenters. The van der Waals surface area contributed by atoms with Gasteiger partial charge in [-0.2, -0.15) is 0 Å². The minimum absolute atomic E-state index is 0.0764. The molecule has 2 N–H and O–H groups in total. The second kappa shape index (κ2) is 9.30. The lowest BCUT2D eigenvalue weighted by atomic mass is 10.0. The van der Waals surface area contributed by atoms with Gasteiger partial charge in [0.1, 0.15) is 0 Å². The van der Waals surface area contributed by atoms with Gasteiger partial charge < -0.3 is 10.6 Å². The molecular formula is C20H26N4O. The fourth-order valence-electron chi connectivity index (χ4n) is 3.27. The highest BCUT2D eigenvalue weighted by Crippen LogP contribution is 2.26. The van der Waals surface area contributed by atoms with Crippen LogP contribution < -0.4 is 10.6 Å². The SMILES string of the molecule is O=C1CC(c2ccccc2)N(Cc2ccncc2)CCCNCCN1. The highest BCUT2D eigenvalue weighted by Gasteiger charge is 2.23. The zero-order chi connectivity index (χ0) is 17.3. The number of pyridine rings is 1. The average Bonchev–Trinajstić information content (AvgIpc) is 2.69. The van der Waals surface area contributed by atoms with Crippen molar-refractivity contribution in [1.29, 1.82) is 0 Å². The predicted molar refractivity (Wildman–Crippen MR) is 98.9 cm³/mol. The van der Waals surface area contributed by atoms with Crippen LogP contribution in [0.3, 0.4) is 0 Å². The van der Waals surface area contributed by atoms with E-state index in [1.54, 1.807) is 0 Å². The van der Waals surface area contributed by atoms with Crippen molar-refractivity contribution in [2.75, 3.05) is 26.2 Å². The van der Waals surface area contributed by atoms with Gasteiger partial charge in [0.2, 0.25) is 5.91 Å². The Bertz CT molecular complexity index is 647. The smallest absolute Gasteiger partial charge is 0.221 e. The molecule has 2 aromatic rings. The van der Waals surface area contributed by atoms with Crippen LogP contribution in [-0.4, -0.2) is 42.0 Å². The third kappa shape index (κ3) is 5.37. The normalized spacial score (nSPS) is 20.5. The number of hydrogen-bond acceptors (Lipinski definition) is 4. The molecule has 2 heterocycles. The molecule has 1 amide bonds. The summed E-state index contributed by atoms with van der Waals surface area (Å²) in [4.78, 5) is 18.9. The standard InChI is InChI=1S/C20H26N4O/c25-20-15-19(18-5-2-1-3-6-18)24(14-4-9-21-12-13-23-20)16-17-7-10-22-11-8-17/h1-3,5-8,10-11,19,21H,4,9,12-16H2,(H,23,25). The lowest BCUT2D eigenvalue weighted by molar-refractivity contribution is -0.122. The van der Waals surface area contributed by atoms with Crippen molar-refractivity contribution < 1.29 is 4.79 Å². The fourth-order valence-corrected chi connectivity index (χ4v) is 3.27. The molecule has 132 valence electrons. The first-order chi connectivity index (χ1) is 12.3. The summed E-state index contributed by atoms with van der Waals surface area (Å²) in [6.45, 7) is 4.23. The Hall–Kier alpha value is -2.24. The predicted octanol–water partition coefficient (Wildman–Crippen LogP) is 2.12. The summed E-state index contributed by atoms with van der Waals surface area (Å²) in [6, 6.07) is 14.5. The van der Waals surface area contributed by atoms with Crippen molar-refractivity contribution in [3.8, 4) is 0 Å². The van der Waals surface area contributed by atoms with Crippen LogP contribution in [0, 0.1) is 0 Å². The van der Waals surface area contributed by atoms with E-state index >= 15 is 0 Å². The number of aromatic nitrogens is 1. The Labute approximate surface area is 149 Å². The molecule has 1 aromatic carbocycles. The van der Waals surface area contributed by atoms with E-state index in [2.05, 4.69) is 32.7 Å². The average molecular weight is 338 g/mol. The Morgan fingerprint density at radius 2 is 1.84 bits per heavy atom. The van der Waals surface area contributed by atoms with Crippen molar-refractivity contribution in [3.63, 3.8) is 0 Å². The summed E-state index contributed by atoms with van der Waals surface area (Å²) in [5, 5.41) is 6.42. The lowest BCUT2D eigenvalue weighted by Gasteiger charge is -2.32. The summed E-state index contributed by atoms with van der Waals surface area (Å²) >= 11 is 0. The van der Waals surface area contributed by atoms with Crippen LogP contribution in [0.2, 0.25) is 0 Å². The first-order valence-corrected chi connectivity index (χ1v) is 8.98. The van der Waals surface area contributed by atoms with Crippen molar-refractivity contribution in [3.05, 3.63) is 66.0 Å². The molecule has 0 radical (unpaired) electrons. The number of rotatable bonds is 3. The summed E-state index contributed by atoms with van der Waals surface area (Å²) < 4.78 is 0. The summed E-state index contributed by atoms with van der Waals surface area (Å²) in [7, 11) is 0. The molecule has 1 aromatic heterocycles. The van der Waals surface area contributed by atoms with Gasteiger partial charge in [0.05, 0.1) is 0 Å².